The summed E-state index contributed by atoms with van der Waals surface area (Å²) in [5.41, 5.74) is -0.120. The Balaban J connectivity index is 0.00000261. The molecule has 1 aromatic heterocycles. The number of thiophene rings is 1. The Kier molecular flexibility index (Phi) is 7.18. The molecule has 1 N–H and O–H groups in total. The molecule has 3 rings (SSSR count). The van der Waals surface area contributed by atoms with Gasteiger partial charge in [-0.25, -0.2) is 4.79 Å². The van der Waals surface area contributed by atoms with E-state index >= 15 is 0 Å². The van der Waals surface area contributed by atoms with E-state index in [1.807, 2.05) is 11.4 Å². The fraction of sp³-hybridized carbons (Fsp3) is 0.375. The van der Waals surface area contributed by atoms with Gasteiger partial charge in [0.25, 0.3) is 5.91 Å². The first kappa shape index (κ1) is 21.6. The number of carboxylic acids is 1. The average Bonchev–Trinajstić information content (AvgIpc) is 3.09. The number of amides is 1. The Labute approximate surface area is 180 Å². The zero-order valence-electron chi connectivity index (χ0n) is 14.7. The van der Waals surface area contributed by atoms with Crippen molar-refractivity contribution in [3.63, 3.8) is 0 Å². The molecule has 138 valence electrons. The maximum atomic E-state index is 12.3. The van der Waals surface area contributed by atoms with Crippen molar-refractivity contribution < 1.29 is 63.6 Å². The minimum absolute atomic E-state index is 0. The van der Waals surface area contributed by atoms with Gasteiger partial charge in [-0.2, -0.15) is 0 Å². The number of nitrogens with zero attached hydrogens (tertiary/aromatic N) is 2. The zero-order chi connectivity index (χ0) is 18.8. The summed E-state index contributed by atoms with van der Waals surface area (Å²) in [7, 11) is 0. The molecule has 1 fully saturated rings. The van der Waals surface area contributed by atoms with Crippen LogP contribution in [0.4, 0.5) is 0 Å². The van der Waals surface area contributed by atoms with Gasteiger partial charge in [0.1, 0.15) is 12.3 Å². The van der Waals surface area contributed by atoms with Crippen molar-refractivity contribution in [1.29, 1.82) is 0 Å². The van der Waals surface area contributed by atoms with Crippen LogP contribution in [0.5, 0.6) is 0 Å². The summed E-state index contributed by atoms with van der Waals surface area (Å²) in [6.07, 6.45) is -0.866. The number of esters is 1. The Morgan fingerprint density at radius 1 is 1.52 bits per heavy atom. The van der Waals surface area contributed by atoms with Crippen LogP contribution in [0.2, 0.25) is 0 Å². The third-order valence-corrected chi connectivity index (χ3v) is 4.74. The van der Waals surface area contributed by atoms with E-state index in [2.05, 4.69) is 4.99 Å². The summed E-state index contributed by atoms with van der Waals surface area (Å²) in [6, 6.07) is 2.53. The number of ether oxygens (including phenoxy) is 2. The first-order chi connectivity index (χ1) is 12.4. The van der Waals surface area contributed by atoms with Gasteiger partial charge in [0.2, 0.25) is 0 Å². The van der Waals surface area contributed by atoms with Crippen molar-refractivity contribution in [2.45, 2.75) is 25.6 Å². The number of β-lactam (4-membered cyclic amide) rings is 1. The van der Waals surface area contributed by atoms with Crippen LogP contribution >= 0.6 is 11.3 Å². The van der Waals surface area contributed by atoms with E-state index in [4.69, 9.17) is 9.47 Å². The quantitative estimate of drug-likeness (QED) is 0.172. The summed E-state index contributed by atoms with van der Waals surface area (Å²) in [6.45, 7) is 0.775. The number of fused-ring (bicyclic) bond motifs is 1. The summed E-state index contributed by atoms with van der Waals surface area (Å²) in [5.74, 6) is -3.02. The fourth-order valence-corrected chi connectivity index (χ4v) is 3.41. The van der Waals surface area contributed by atoms with Gasteiger partial charge < -0.3 is 19.7 Å². The number of carboxylic acid groups (broad SMARTS) is 1. The van der Waals surface area contributed by atoms with E-state index in [1.54, 1.807) is 6.07 Å². The second-order valence-corrected chi connectivity index (χ2v) is 6.70. The van der Waals surface area contributed by atoms with Crippen LogP contribution in [0, 0.1) is 0 Å². The molecule has 0 aliphatic carbocycles. The van der Waals surface area contributed by atoms with E-state index in [0.717, 1.165) is 9.78 Å². The van der Waals surface area contributed by atoms with E-state index in [-0.39, 0.29) is 60.5 Å². The van der Waals surface area contributed by atoms with E-state index in [9.17, 15) is 24.6 Å². The maximum absolute atomic E-state index is 12.3. The van der Waals surface area contributed by atoms with Crippen molar-refractivity contribution in [1.82, 2.24) is 4.90 Å². The number of hydrogen-bond donors (Lipinski definition) is 1. The molecule has 1 saturated heterocycles. The van der Waals surface area contributed by atoms with Gasteiger partial charge >= 0.3 is 41.5 Å². The summed E-state index contributed by atoms with van der Waals surface area (Å²) >= 11 is 1.41. The first-order valence-electron chi connectivity index (χ1n) is 7.68. The molecule has 1 amide bonds. The minimum atomic E-state index is -1.34. The van der Waals surface area contributed by atoms with Crippen LogP contribution in [0.3, 0.4) is 0 Å². The Morgan fingerprint density at radius 2 is 2.26 bits per heavy atom. The molecule has 0 bridgehead atoms. The SMILES string of the molecule is CC(=O)OCC1=C(C(=O)O)N2C(=O)[C@H](N=C([O-])Cc3cccs3)[C@@H]2OC1.[Na+]. The second kappa shape index (κ2) is 8.98. The van der Waals surface area contributed by atoms with E-state index in [0.29, 0.717) is 0 Å². The second-order valence-electron chi connectivity index (χ2n) is 5.67. The van der Waals surface area contributed by atoms with Gasteiger partial charge in [-0.1, -0.05) is 6.07 Å². The minimum Gasteiger partial charge on any atom is -0.862 e. The third kappa shape index (κ3) is 4.58. The van der Waals surface area contributed by atoms with Crippen LogP contribution in [-0.2, 0) is 30.3 Å². The van der Waals surface area contributed by atoms with Gasteiger partial charge in [-0.15, -0.1) is 11.3 Å². The zero-order valence-corrected chi connectivity index (χ0v) is 17.5. The van der Waals surface area contributed by atoms with Crippen molar-refractivity contribution in [2.24, 2.45) is 4.99 Å². The molecule has 1 aromatic rings. The van der Waals surface area contributed by atoms with Gasteiger partial charge in [0, 0.05) is 23.8 Å². The van der Waals surface area contributed by atoms with Crippen LogP contribution in [0.25, 0.3) is 0 Å². The summed E-state index contributed by atoms with van der Waals surface area (Å²) in [5, 5.41) is 23.3. The van der Waals surface area contributed by atoms with Crippen LogP contribution in [-0.4, -0.2) is 59.2 Å². The molecule has 3 heterocycles. The first-order valence-corrected chi connectivity index (χ1v) is 8.56. The molecule has 0 radical (unpaired) electrons. The van der Waals surface area contributed by atoms with E-state index in [1.165, 1.54) is 18.3 Å². The molecule has 27 heavy (non-hydrogen) atoms. The van der Waals surface area contributed by atoms with Crippen LogP contribution in [0.15, 0.2) is 33.8 Å². The molecule has 0 saturated carbocycles. The van der Waals surface area contributed by atoms with Crippen molar-refractivity contribution >= 4 is 35.1 Å². The maximum Gasteiger partial charge on any atom is 1.00 e. The van der Waals surface area contributed by atoms with Crippen molar-refractivity contribution in [3.8, 4) is 0 Å². The molecule has 0 aromatic carbocycles. The largest absolute Gasteiger partial charge is 1.00 e. The molecule has 0 spiro atoms. The normalized spacial score (nSPS) is 21.9. The Hall–Kier alpha value is -1.72. The van der Waals surface area contributed by atoms with Gasteiger partial charge in [-0.3, -0.25) is 19.5 Å². The number of carbonyl (C=O) groups is 3. The van der Waals surface area contributed by atoms with Crippen molar-refractivity contribution in [3.05, 3.63) is 33.7 Å². The number of aliphatic imine (C=N–C) groups is 1. The van der Waals surface area contributed by atoms with Crippen LogP contribution < -0.4 is 34.7 Å². The Bertz CT molecular complexity index is 806. The molecule has 2 aliphatic heterocycles. The molecular weight excluding hydrogens is 387 g/mol. The van der Waals surface area contributed by atoms with E-state index < -0.39 is 36.0 Å². The molecule has 9 nitrogen and oxygen atoms in total. The topological polar surface area (TPSA) is 129 Å². The number of aliphatic carboxylic acids is 1. The standard InChI is InChI=1S/C16H16N2O7S.Na/c1-8(19)24-6-9-7-25-15-12(14(21)18(15)13(9)16(22)23)17-11(20)5-10-3-2-4-26-10;/h2-4,12,15H,5-7H2,1H3,(H,17,20)(H,22,23);/q;+1/p-1/t12-,15-;/m0./s1. The number of carbonyl (C=O) groups excluding carboxylic acids is 2. The molecule has 11 heteroatoms. The summed E-state index contributed by atoms with van der Waals surface area (Å²) in [4.78, 5) is 40.4. The smallest absolute Gasteiger partial charge is 0.862 e. The van der Waals surface area contributed by atoms with Crippen molar-refractivity contribution in [2.75, 3.05) is 13.2 Å². The molecule has 2 atom stereocenters. The fourth-order valence-electron chi connectivity index (χ4n) is 2.71. The predicted octanol–water partition coefficient (Wildman–Crippen LogP) is -3.48. The van der Waals surface area contributed by atoms with Gasteiger partial charge in [0.15, 0.2) is 12.3 Å². The molecular formula is C16H15N2NaO7S. The van der Waals surface area contributed by atoms with Gasteiger partial charge in [-0.05, 0) is 17.3 Å². The number of rotatable bonds is 6. The third-order valence-electron chi connectivity index (χ3n) is 3.86. The van der Waals surface area contributed by atoms with Gasteiger partial charge in [0.05, 0.1) is 6.61 Å². The predicted molar refractivity (Wildman–Crippen MR) is 87.1 cm³/mol. The van der Waals surface area contributed by atoms with Crippen LogP contribution in [0.1, 0.15) is 11.8 Å². The molecule has 0 unspecified atom stereocenters. The Morgan fingerprint density at radius 3 is 2.85 bits per heavy atom. The average molecular weight is 402 g/mol. The monoisotopic (exact) mass is 402 g/mol. The summed E-state index contributed by atoms with van der Waals surface area (Å²) < 4.78 is 10.3. The molecule has 2 aliphatic rings. The number of hydrogen-bond acceptors (Lipinski definition) is 8.